The van der Waals surface area contributed by atoms with Crippen LogP contribution in [0.3, 0.4) is 0 Å². The van der Waals surface area contributed by atoms with Gasteiger partial charge in [-0.25, -0.2) is 0 Å². The van der Waals surface area contributed by atoms with Crippen LogP contribution in [0.25, 0.3) is 0 Å². The minimum absolute atomic E-state index is 0.425. The van der Waals surface area contributed by atoms with Gasteiger partial charge in [0.05, 0.1) is 0 Å². The van der Waals surface area contributed by atoms with E-state index in [9.17, 15) is 0 Å². The molecule has 0 aliphatic rings. The highest BCUT2D eigenvalue weighted by molar-refractivity contribution is 9.10. The summed E-state index contributed by atoms with van der Waals surface area (Å²) in [7, 11) is 0. The third-order valence-corrected chi connectivity index (χ3v) is 4.22. The summed E-state index contributed by atoms with van der Waals surface area (Å²) < 4.78 is 1.13. The molecule has 0 heterocycles. The Hall–Kier alpha value is -0.830. The summed E-state index contributed by atoms with van der Waals surface area (Å²) in [6.07, 6.45) is 2.03. The topological polar surface area (TPSA) is 12.0 Å². The van der Waals surface area contributed by atoms with E-state index in [1.54, 1.807) is 0 Å². The van der Waals surface area contributed by atoms with E-state index in [4.69, 9.17) is 11.6 Å². The van der Waals surface area contributed by atoms with Gasteiger partial charge < -0.3 is 5.32 Å². The van der Waals surface area contributed by atoms with E-state index in [0.29, 0.717) is 12.1 Å². The molecule has 0 saturated carbocycles. The van der Waals surface area contributed by atoms with Crippen molar-refractivity contribution in [2.75, 3.05) is 0 Å². The van der Waals surface area contributed by atoms with Crippen molar-refractivity contribution in [1.29, 1.82) is 0 Å². The molecule has 1 nitrogen and oxygen atoms in total. The van der Waals surface area contributed by atoms with Crippen LogP contribution in [0.15, 0.2) is 53.0 Å². The van der Waals surface area contributed by atoms with Gasteiger partial charge in [0.25, 0.3) is 0 Å². The van der Waals surface area contributed by atoms with Crippen LogP contribution in [0.2, 0.25) is 5.02 Å². The van der Waals surface area contributed by atoms with Gasteiger partial charge in [0, 0.05) is 21.6 Å². The van der Waals surface area contributed by atoms with Crippen molar-refractivity contribution in [3.63, 3.8) is 0 Å². The molecule has 0 aromatic heterocycles. The second kappa shape index (κ2) is 7.98. The highest BCUT2D eigenvalue weighted by Gasteiger charge is 2.09. The van der Waals surface area contributed by atoms with Crippen LogP contribution >= 0.6 is 27.5 Å². The molecule has 0 spiro atoms. The fourth-order valence-electron chi connectivity index (χ4n) is 2.60. The first-order chi connectivity index (χ1) is 10.0. The van der Waals surface area contributed by atoms with E-state index in [2.05, 4.69) is 65.4 Å². The lowest BCUT2D eigenvalue weighted by molar-refractivity contribution is 0.462. The van der Waals surface area contributed by atoms with Crippen molar-refractivity contribution in [3.05, 3.63) is 69.2 Å². The van der Waals surface area contributed by atoms with Crippen LogP contribution in [-0.4, -0.2) is 12.1 Å². The maximum absolute atomic E-state index is 6.03. The number of nitrogens with one attached hydrogen (secondary N) is 1. The minimum atomic E-state index is 0.425. The normalized spacial score (nSPS) is 13.9. The molecule has 0 saturated heterocycles. The van der Waals surface area contributed by atoms with E-state index >= 15 is 0 Å². The summed E-state index contributed by atoms with van der Waals surface area (Å²) in [6.45, 7) is 4.45. The zero-order valence-electron chi connectivity index (χ0n) is 12.4. The molecule has 0 aliphatic carbocycles. The van der Waals surface area contributed by atoms with Crippen molar-refractivity contribution in [2.45, 2.75) is 38.8 Å². The molecule has 2 unspecified atom stereocenters. The molecule has 3 heteroatoms. The van der Waals surface area contributed by atoms with Crippen LogP contribution in [0, 0.1) is 0 Å². The summed E-state index contributed by atoms with van der Waals surface area (Å²) in [4.78, 5) is 0. The molecular formula is C18H21BrClN. The highest BCUT2D eigenvalue weighted by atomic mass is 79.9. The Morgan fingerprint density at radius 3 is 2.19 bits per heavy atom. The molecule has 112 valence electrons. The number of hydrogen-bond donors (Lipinski definition) is 1. The van der Waals surface area contributed by atoms with Crippen molar-refractivity contribution in [1.82, 2.24) is 5.32 Å². The Morgan fingerprint density at radius 1 is 0.952 bits per heavy atom. The summed E-state index contributed by atoms with van der Waals surface area (Å²) in [5.41, 5.74) is 2.63. The van der Waals surface area contributed by atoms with Crippen LogP contribution in [-0.2, 0) is 12.8 Å². The van der Waals surface area contributed by atoms with Gasteiger partial charge in [0.2, 0.25) is 0 Å². The van der Waals surface area contributed by atoms with Gasteiger partial charge in [0.15, 0.2) is 0 Å². The maximum atomic E-state index is 6.03. The molecule has 0 amide bonds. The number of rotatable bonds is 6. The van der Waals surface area contributed by atoms with Gasteiger partial charge in [-0.15, -0.1) is 0 Å². The SMILES string of the molecule is CC(Cc1ccc(Br)cc1)NC(C)Cc1cccc(Cl)c1. The molecule has 21 heavy (non-hydrogen) atoms. The predicted octanol–water partition coefficient (Wildman–Crippen LogP) is 5.25. The molecule has 0 fully saturated rings. The Balaban J connectivity index is 1.84. The van der Waals surface area contributed by atoms with Crippen molar-refractivity contribution >= 4 is 27.5 Å². The summed E-state index contributed by atoms with van der Waals surface area (Å²) >= 11 is 9.50. The van der Waals surface area contributed by atoms with Gasteiger partial charge in [-0.1, -0.05) is 51.8 Å². The van der Waals surface area contributed by atoms with Crippen LogP contribution in [0.5, 0.6) is 0 Å². The number of benzene rings is 2. The van der Waals surface area contributed by atoms with E-state index in [0.717, 1.165) is 22.3 Å². The van der Waals surface area contributed by atoms with Crippen molar-refractivity contribution in [3.8, 4) is 0 Å². The summed E-state index contributed by atoms with van der Waals surface area (Å²) in [5.74, 6) is 0. The standard InChI is InChI=1S/C18H21BrClN/c1-13(10-15-6-8-17(19)9-7-15)21-14(2)11-16-4-3-5-18(20)12-16/h3-9,12-14,21H,10-11H2,1-2H3. The average molecular weight is 367 g/mol. The van der Waals surface area contributed by atoms with Crippen LogP contribution in [0.4, 0.5) is 0 Å². The lowest BCUT2D eigenvalue weighted by Crippen LogP contribution is -2.37. The Morgan fingerprint density at radius 2 is 1.57 bits per heavy atom. The van der Waals surface area contributed by atoms with E-state index < -0.39 is 0 Å². The fraction of sp³-hybridized carbons (Fsp3) is 0.333. The molecule has 0 aliphatic heterocycles. The average Bonchev–Trinajstić information content (AvgIpc) is 2.41. The highest BCUT2D eigenvalue weighted by Crippen LogP contribution is 2.14. The molecule has 2 aromatic rings. The Kier molecular flexibility index (Phi) is 6.28. The zero-order chi connectivity index (χ0) is 15.2. The molecule has 2 rings (SSSR count). The molecular weight excluding hydrogens is 346 g/mol. The summed E-state index contributed by atoms with van der Waals surface area (Å²) in [6, 6.07) is 17.5. The first-order valence-corrected chi connectivity index (χ1v) is 8.45. The molecule has 0 radical (unpaired) electrons. The van der Waals surface area contributed by atoms with Gasteiger partial charge in [-0.05, 0) is 62.1 Å². The monoisotopic (exact) mass is 365 g/mol. The van der Waals surface area contributed by atoms with Crippen LogP contribution < -0.4 is 5.32 Å². The van der Waals surface area contributed by atoms with Gasteiger partial charge in [0.1, 0.15) is 0 Å². The second-order valence-electron chi connectivity index (χ2n) is 5.63. The Labute approximate surface area is 140 Å². The molecule has 1 N–H and O–H groups in total. The zero-order valence-corrected chi connectivity index (χ0v) is 14.8. The van der Waals surface area contributed by atoms with Crippen LogP contribution in [0.1, 0.15) is 25.0 Å². The molecule has 2 aromatic carbocycles. The number of hydrogen-bond acceptors (Lipinski definition) is 1. The van der Waals surface area contributed by atoms with E-state index in [1.165, 1.54) is 11.1 Å². The second-order valence-corrected chi connectivity index (χ2v) is 6.99. The summed E-state index contributed by atoms with van der Waals surface area (Å²) in [5, 5.41) is 4.46. The fourth-order valence-corrected chi connectivity index (χ4v) is 3.07. The predicted molar refractivity (Wildman–Crippen MR) is 95.1 cm³/mol. The van der Waals surface area contributed by atoms with Crippen molar-refractivity contribution < 1.29 is 0 Å². The minimum Gasteiger partial charge on any atom is -0.311 e. The maximum Gasteiger partial charge on any atom is 0.0408 e. The quantitative estimate of drug-likeness (QED) is 0.736. The largest absolute Gasteiger partial charge is 0.311 e. The smallest absolute Gasteiger partial charge is 0.0408 e. The third kappa shape index (κ3) is 5.82. The molecule has 0 bridgehead atoms. The first kappa shape index (κ1) is 16.5. The first-order valence-electron chi connectivity index (χ1n) is 7.28. The van der Waals surface area contributed by atoms with Crippen molar-refractivity contribution in [2.24, 2.45) is 0 Å². The van der Waals surface area contributed by atoms with Gasteiger partial charge in [-0.3, -0.25) is 0 Å². The van der Waals surface area contributed by atoms with E-state index in [-0.39, 0.29) is 0 Å². The van der Waals surface area contributed by atoms with E-state index in [1.807, 2.05) is 18.2 Å². The van der Waals surface area contributed by atoms with Gasteiger partial charge in [-0.2, -0.15) is 0 Å². The lowest BCUT2D eigenvalue weighted by atomic mass is 10.0. The Bertz CT molecular complexity index is 568. The third-order valence-electron chi connectivity index (χ3n) is 3.46. The number of halogens is 2. The lowest BCUT2D eigenvalue weighted by Gasteiger charge is -2.20. The molecule has 2 atom stereocenters. The van der Waals surface area contributed by atoms with Gasteiger partial charge >= 0.3 is 0 Å².